The van der Waals surface area contributed by atoms with Crippen LogP contribution in [0.4, 0.5) is 0 Å². The molecule has 70 valence electrons. The molecule has 0 heterocycles. The Labute approximate surface area is 85.7 Å². The summed E-state index contributed by atoms with van der Waals surface area (Å²) in [5.41, 5.74) is 1.04. The fourth-order valence-electron chi connectivity index (χ4n) is 1.14. The molecular weight excluding hydrogens is 232 g/mol. The Hall–Kier alpha value is -0.830. The molecular formula is C10H11BrO2. The molecule has 0 spiro atoms. The molecule has 0 aliphatic rings. The minimum atomic E-state index is 0.253. The molecule has 13 heavy (non-hydrogen) atoms. The third-order valence-electron chi connectivity index (χ3n) is 1.83. The molecule has 0 amide bonds. The maximum absolute atomic E-state index is 10.1. The zero-order chi connectivity index (χ0) is 9.68. The number of aromatic hydroxyl groups is 1. The number of rotatable bonds is 4. The lowest BCUT2D eigenvalue weighted by atomic mass is 10.1. The summed E-state index contributed by atoms with van der Waals surface area (Å²) < 4.78 is 0.737. The Morgan fingerprint density at radius 2 is 2.23 bits per heavy atom. The van der Waals surface area contributed by atoms with Crippen LogP contribution in [-0.2, 0) is 11.2 Å². The molecule has 0 aromatic heterocycles. The number of phenols is 1. The molecule has 0 saturated heterocycles. The van der Waals surface area contributed by atoms with Crippen molar-refractivity contribution in [3.63, 3.8) is 0 Å². The number of benzene rings is 1. The molecule has 0 aliphatic heterocycles. The summed E-state index contributed by atoms with van der Waals surface area (Å²) >= 11 is 3.29. The Kier molecular flexibility index (Phi) is 3.96. The Bertz CT molecular complexity index is 297. The zero-order valence-corrected chi connectivity index (χ0v) is 8.75. The summed E-state index contributed by atoms with van der Waals surface area (Å²) in [5, 5.41) is 9.34. The van der Waals surface area contributed by atoms with Crippen LogP contribution in [0.15, 0.2) is 22.7 Å². The average Bonchev–Trinajstić information content (AvgIpc) is 2.13. The first-order valence-corrected chi connectivity index (χ1v) is 4.95. The topological polar surface area (TPSA) is 37.3 Å². The number of aryl methyl sites for hydroxylation is 1. The number of phenolic OH excluding ortho intramolecular Hbond substituents is 1. The van der Waals surface area contributed by atoms with Crippen molar-refractivity contribution in [2.45, 2.75) is 19.3 Å². The van der Waals surface area contributed by atoms with Crippen molar-refractivity contribution >= 4 is 22.2 Å². The maximum Gasteiger partial charge on any atom is 0.130 e. The van der Waals surface area contributed by atoms with Crippen LogP contribution in [-0.4, -0.2) is 11.4 Å². The molecule has 0 fully saturated rings. The van der Waals surface area contributed by atoms with Gasteiger partial charge in [0.1, 0.15) is 12.0 Å². The number of carbonyl (C=O) groups is 1. The number of halogens is 1. The molecule has 1 rings (SSSR count). The standard InChI is InChI=1S/C10H11BrO2/c11-10-8(4-1-2-7-12)5-3-6-9(10)13/h3,5-7,13H,1-2,4H2. The number of hydrogen-bond acceptors (Lipinski definition) is 2. The molecule has 2 nitrogen and oxygen atoms in total. The minimum absolute atomic E-state index is 0.253. The predicted molar refractivity (Wildman–Crippen MR) is 54.8 cm³/mol. The van der Waals surface area contributed by atoms with Gasteiger partial charge in [-0.3, -0.25) is 0 Å². The van der Waals surface area contributed by atoms with Gasteiger partial charge in [-0.1, -0.05) is 12.1 Å². The normalized spacial score (nSPS) is 9.92. The van der Waals surface area contributed by atoms with Crippen LogP contribution in [0.3, 0.4) is 0 Å². The Balaban J connectivity index is 2.65. The van der Waals surface area contributed by atoms with Crippen molar-refractivity contribution < 1.29 is 9.90 Å². The monoisotopic (exact) mass is 242 g/mol. The summed E-state index contributed by atoms with van der Waals surface area (Å²) in [6, 6.07) is 5.37. The second-order valence-corrected chi connectivity index (χ2v) is 3.60. The molecule has 0 radical (unpaired) electrons. The van der Waals surface area contributed by atoms with Crippen LogP contribution in [0.25, 0.3) is 0 Å². The molecule has 1 N–H and O–H groups in total. The summed E-state index contributed by atoms with van der Waals surface area (Å²) in [6.45, 7) is 0. The van der Waals surface area contributed by atoms with E-state index in [1.54, 1.807) is 12.1 Å². The van der Waals surface area contributed by atoms with E-state index in [-0.39, 0.29) is 5.75 Å². The van der Waals surface area contributed by atoms with Gasteiger partial charge in [0, 0.05) is 6.42 Å². The molecule has 0 atom stereocenters. The second kappa shape index (κ2) is 5.02. The van der Waals surface area contributed by atoms with Crippen molar-refractivity contribution in [3.8, 4) is 5.75 Å². The second-order valence-electron chi connectivity index (χ2n) is 2.81. The van der Waals surface area contributed by atoms with Crippen molar-refractivity contribution in [1.29, 1.82) is 0 Å². The van der Waals surface area contributed by atoms with Crippen LogP contribution >= 0.6 is 15.9 Å². The van der Waals surface area contributed by atoms with E-state index in [4.69, 9.17) is 0 Å². The van der Waals surface area contributed by atoms with Crippen LogP contribution in [0.5, 0.6) is 5.75 Å². The Morgan fingerprint density at radius 3 is 2.92 bits per heavy atom. The van der Waals surface area contributed by atoms with E-state index in [0.29, 0.717) is 6.42 Å². The molecule has 3 heteroatoms. The van der Waals surface area contributed by atoms with Crippen LogP contribution < -0.4 is 0 Å². The first kappa shape index (κ1) is 10.3. The van der Waals surface area contributed by atoms with Gasteiger partial charge in [-0.25, -0.2) is 0 Å². The average molecular weight is 243 g/mol. The lowest BCUT2D eigenvalue weighted by molar-refractivity contribution is -0.107. The lowest BCUT2D eigenvalue weighted by Crippen LogP contribution is -1.87. The quantitative estimate of drug-likeness (QED) is 0.652. The van der Waals surface area contributed by atoms with Crippen molar-refractivity contribution in [2.24, 2.45) is 0 Å². The number of hydrogen-bond donors (Lipinski definition) is 1. The summed E-state index contributed by atoms with van der Waals surface area (Å²) in [6.07, 6.45) is 3.12. The highest BCUT2D eigenvalue weighted by molar-refractivity contribution is 9.10. The van der Waals surface area contributed by atoms with E-state index in [9.17, 15) is 9.90 Å². The number of carbonyl (C=O) groups excluding carboxylic acids is 1. The van der Waals surface area contributed by atoms with E-state index >= 15 is 0 Å². The van der Waals surface area contributed by atoms with Gasteiger partial charge in [-0.2, -0.15) is 0 Å². The first-order valence-electron chi connectivity index (χ1n) is 4.15. The third kappa shape index (κ3) is 2.84. The van der Waals surface area contributed by atoms with E-state index < -0.39 is 0 Å². The summed E-state index contributed by atoms with van der Waals surface area (Å²) in [5.74, 6) is 0.253. The SMILES string of the molecule is O=CCCCc1cccc(O)c1Br. The fourth-order valence-corrected chi connectivity index (χ4v) is 1.60. The lowest BCUT2D eigenvalue weighted by Gasteiger charge is -2.04. The van der Waals surface area contributed by atoms with Gasteiger partial charge >= 0.3 is 0 Å². The highest BCUT2D eigenvalue weighted by atomic mass is 79.9. The fraction of sp³-hybridized carbons (Fsp3) is 0.300. The van der Waals surface area contributed by atoms with Crippen LogP contribution in [0, 0.1) is 0 Å². The van der Waals surface area contributed by atoms with E-state index in [2.05, 4.69) is 15.9 Å². The van der Waals surface area contributed by atoms with Crippen molar-refractivity contribution in [3.05, 3.63) is 28.2 Å². The largest absolute Gasteiger partial charge is 0.507 e. The molecule has 0 aliphatic carbocycles. The highest BCUT2D eigenvalue weighted by Gasteiger charge is 2.03. The first-order chi connectivity index (χ1) is 6.25. The van der Waals surface area contributed by atoms with Gasteiger partial charge in [0.2, 0.25) is 0 Å². The van der Waals surface area contributed by atoms with Crippen LogP contribution in [0.1, 0.15) is 18.4 Å². The third-order valence-corrected chi connectivity index (χ3v) is 2.74. The summed E-state index contributed by atoms with van der Waals surface area (Å²) in [7, 11) is 0. The van der Waals surface area contributed by atoms with Gasteiger partial charge < -0.3 is 9.90 Å². The highest BCUT2D eigenvalue weighted by Crippen LogP contribution is 2.28. The smallest absolute Gasteiger partial charge is 0.130 e. The van der Waals surface area contributed by atoms with E-state index in [0.717, 1.165) is 29.2 Å². The number of unbranched alkanes of at least 4 members (excludes halogenated alkanes) is 1. The Morgan fingerprint density at radius 1 is 1.46 bits per heavy atom. The van der Waals surface area contributed by atoms with Crippen molar-refractivity contribution in [2.75, 3.05) is 0 Å². The predicted octanol–water partition coefficient (Wildman–Crippen LogP) is 2.68. The van der Waals surface area contributed by atoms with Gasteiger partial charge in [0.05, 0.1) is 4.47 Å². The molecule has 1 aromatic rings. The molecule has 0 unspecified atom stereocenters. The van der Waals surface area contributed by atoms with Gasteiger partial charge in [0.25, 0.3) is 0 Å². The van der Waals surface area contributed by atoms with E-state index in [1.165, 1.54) is 0 Å². The maximum atomic E-state index is 10.1. The van der Waals surface area contributed by atoms with Crippen LogP contribution in [0.2, 0.25) is 0 Å². The number of aldehydes is 1. The van der Waals surface area contributed by atoms with E-state index in [1.807, 2.05) is 6.07 Å². The van der Waals surface area contributed by atoms with Gasteiger partial charge in [0.15, 0.2) is 0 Å². The van der Waals surface area contributed by atoms with Gasteiger partial charge in [-0.05, 0) is 40.4 Å². The molecule has 1 aromatic carbocycles. The molecule has 0 bridgehead atoms. The molecule has 0 saturated carbocycles. The van der Waals surface area contributed by atoms with Crippen molar-refractivity contribution in [1.82, 2.24) is 0 Å². The minimum Gasteiger partial charge on any atom is -0.507 e. The van der Waals surface area contributed by atoms with Gasteiger partial charge in [-0.15, -0.1) is 0 Å². The zero-order valence-electron chi connectivity index (χ0n) is 7.16. The summed E-state index contributed by atoms with van der Waals surface area (Å²) in [4.78, 5) is 10.1.